The number of ether oxygens (including phenoxy) is 1. The Labute approximate surface area is 243 Å². The van der Waals surface area contributed by atoms with E-state index in [4.69, 9.17) is 47.1 Å². The lowest BCUT2D eigenvalue weighted by Gasteiger charge is -2.15. The molecule has 4 aromatic rings. The van der Waals surface area contributed by atoms with Gasteiger partial charge in [-0.25, -0.2) is 36.7 Å². The maximum atomic E-state index is 13.2. The number of carbonyl (C=O) groups is 2. The molecule has 6 N–H and O–H groups in total. The summed E-state index contributed by atoms with van der Waals surface area (Å²) in [6.07, 6.45) is 2.84. The number of nitrogens with two attached hydrogens (primary N) is 2. The molecule has 2 aromatic carbocycles. The highest BCUT2D eigenvalue weighted by Gasteiger charge is 2.27. The van der Waals surface area contributed by atoms with Crippen LogP contribution in [0.25, 0.3) is 0 Å². The van der Waals surface area contributed by atoms with Crippen molar-refractivity contribution in [1.82, 2.24) is 0 Å². The highest BCUT2D eigenvalue weighted by Crippen LogP contribution is 2.32. The van der Waals surface area contributed by atoms with E-state index in [1.54, 1.807) is 24.3 Å². The van der Waals surface area contributed by atoms with E-state index < -0.39 is 52.9 Å². The minimum atomic E-state index is -4.39. The topological polar surface area (TPSA) is 214 Å². The lowest BCUT2D eigenvalue weighted by molar-refractivity contribution is 0.0399. The number of benzene rings is 2. The maximum absolute atomic E-state index is 13.2. The van der Waals surface area contributed by atoms with Crippen LogP contribution in [0.1, 0.15) is 32.2 Å². The number of esters is 2. The van der Waals surface area contributed by atoms with Gasteiger partial charge in [-0.2, -0.15) is 0 Å². The highest BCUT2D eigenvalue weighted by molar-refractivity contribution is 7.89. The Morgan fingerprint density at radius 2 is 1.12 bits per heavy atom. The molecule has 41 heavy (non-hydrogen) atoms. The van der Waals surface area contributed by atoms with Crippen LogP contribution in [0.3, 0.4) is 0 Å². The van der Waals surface area contributed by atoms with Gasteiger partial charge in [0.25, 0.3) is 0 Å². The molecule has 2 heterocycles. The number of carbonyl (C=O) groups excluding carboxylic acids is 2. The Hall–Kier alpha value is -3.86. The van der Waals surface area contributed by atoms with Gasteiger partial charge in [-0.05, 0) is 48.5 Å². The van der Waals surface area contributed by atoms with Crippen LogP contribution < -0.4 is 20.9 Å². The summed E-state index contributed by atoms with van der Waals surface area (Å²) in [5.74, 6) is -1.72. The van der Waals surface area contributed by atoms with Crippen molar-refractivity contribution in [1.29, 1.82) is 0 Å². The molecule has 216 valence electrons. The van der Waals surface area contributed by atoms with Gasteiger partial charge in [0.05, 0.1) is 58.2 Å². The molecule has 0 aliphatic rings. The number of hydrogen-bond donors (Lipinski definition) is 4. The molecule has 0 radical (unpaired) electrons. The average Bonchev–Trinajstić information content (AvgIpc) is 3.59. The van der Waals surface area contributed by atoms with Crippen LogP contribution in [0.15, 0.2) is 79.7 Å². The zero-order chi connectivity index (χ0) is 29.9. The molecule has 0 fully saturated rings. The summed E-state index contributed by atoms with van der Waals surface area (Å²) in [5.41, 5.74) is -0.892. The van der Waals surface area contributed by atoms with Crippen molar-refractivity contribution in [2.24, 2.45) is 10.3 Å². The second-order valence-corrected chi connectivity index (χ2v) is 12.2. The quantitative estimate of drug-likeness (QED) is 0.144. The van der Waals surface area contributed by atoms with E-state index in [1.165, 1.54) is 12.5 Å². The van der Waals surface area contributed by atoms with Gasteiger partial charge in [0, 0.05) is 0 Å². The van der Waals surface area contributed by atoms with Gasteiger partial charge in [0.1, 0.15) is 21.3 Å². The van der Waals surface area contributed by atoms with Crippen LogP contribution in [-0.2, 0) is 37.9 Å². The molecule has 0 unspecified atom stereocenters. The maximum Gasteiger partial charge on any atom is 0.348 e. The van der Waals surface area contributed by atoms with Crippen LogP contribution in [0.5, 0.6) is 0 Å². The predicted molar refractivity (Wildman–Crippen MR) is 147 cm³/mol. The van der Waals surface area contributed by atoms with Crippen LogP contribution >= 0.6 is 23.2 Å². The zero-order valence-corrected chi connectivity index (χ0v) is 23.7. The summed E-state index contributed by atoms with van der Waals surface area (Å²) >= 11 is 12.2. The Morgan fingerprint density at radius 1 is 0.732 bits per heavy atom. The second-order valence-electron chi connectivity index (χ2n) is 8.29. The Balaban J connectivity index is 1.71. The molecular weight excluding hydrogens is 623 g/mol. The molecule has 4 rings (SSSR count). The Morgan fingerprint density at radius 3 is 1.44 bits per heavy atom. The van der Waals surface area contributed by atoms with Crippen molar-refractivity contribution in [3.63, 3.8) is 0 Å². The fourth-order valence-corrected chi connectivity index (χ4v) is 5.76. The molecule has 0 bridgehead atoms. The number of nitrogens with one attached hydrogen (secondary N) is 2. The molecular formula is C24H20Cl2N4O9S2. The molecule has 0 amide bonds. The molecule has 17 heteroatoms. The van der Waals surface area contributed by atoms with Crippen LogP contribution in [0.4, 0.5) is 11.4 Å². The molecule has 0 aliphatic carbocycles. The molecule has 0 atom stereocenters. The SMILES string of the molecule is NS(=O)(=O)c1cc(C(=O)OC(=O)c2cc(S(N)(=O)=O)c(Cl)cc2NCc2ccco2)c(NCc2ccco2)cc1Cl. The predicted octanol–water partition coefficient (Wildman–Crippen LogP) is 3.70. The van der Waals surface area contributed by atoms with Crippen LogP contribution in [0.2, 0.25) is 10.0 Å². The van der Waals surface area contributed by atoms with E-state index in [1.807, 2.05) is 0 Å². The molecule has 0 saturated carbocycles. The third-order valence-electron chi connectivity index (χ3n) is 5.45. The largest absolute Gasteiger partial charge is 0.467 e. The fraction of sp³-hybridized carbons (Fsp3) is 0.0833. The van der Waals surface area contributed by atoms with Gasteiger partial charge in [0.2, 0.25) is 20.0 Å². The van der Waals surface area contributed by atoms with Crippen molar-refractivity contribution in [3.8, 4) is 0 Å². The standard InChI is InChI=1S/C24H20Cl2N4O9S2/c25-17-9-19(29-11-13-3-1-5-37-13)15(7-21(17)40(27,33)34)23(31)39-24(32)16-8-22(41(28,35)36)18(26)10-20(16)30-12-14-4-2-6-38-14/h1-10,29-30H,11-12H2,(H2,27,33,34)(H2,28,35,36). The molecule has 0 saturated heterocycles. The Bertz CT molecular complexity index is 1690. The number of sulfonamides is 2. The summed E-state index contributed by atoms with van der Waals surface area (Å²) in [5, 5.41) is 15.5. The van der Waals surface area contributed by atoms with E-state index in [2.05, 4.69) is 10.6 Å². The van der Waals surface area contributed by atoms with Gasteiger partial charge in [-0.1, -0.05) is 23.2 Å². The number of halogens is 2. The minimum Gasteiger partial charge on any atom is -0.467 e. The molecule has 0 aliphatic heterocycles. The van der Waals surface area contributed by atoms with Crippen molar-refractivity contribution in [3.05, 3.63) is 93.7 Å². The normalized spacial score (nSPS) is 11.7. The monoisotopic (exact) mass is 642 g/mol. The summed E-state index contributed by atoms with van der Waals surface area (Å²) in [6.45, 7) is 0.0874. The van der Waals surface area contributed by atoms with Crippen molar-refractivity contribution in [2.45, 2.75) is 22.9 Å². The summed E-state index contributed by atoms with van der Waals surface area (Å²) in [4.78, 5) is 25.2. The second kappa shape index (κ2) is 11.9. The van der Waals surface area contributed by atoms with Crippen molar-refractivity contribution < 1.29 is 40.0 Å². The van der Waals surface area contributed by atoms with E-state index in [-0.39, 0.29) is 34.5 Å². The smallest absolute Gasteiger partial charge is 0.348 e. The summed E-state index contributed by atoms with van der Waals surface area (Å²) < 4.78 is 63.7. The lowest BCUT2D eigenvalue weighted by atomic mass is 10.1. The van der Waals surface area contributed by atoms with E-state index in [0.29, 0.717) is 11.5 Å². The third kappa shape index (κ3) is 7.27. The summed E-state index contributed by atoms with van der Waals surface area (Å²) in [6, 6.07) is 10.4. The van der Waals surface area contributed by atoms with Gasteiger partial charge < -0.3 is 24.2 Å². The number of primary sulfonamides is 2. The lowest BCUT2D eigenvalue weighted by Crippen LogP contribution is -2.20. The zero-order valence-electron chi connectivity index (χ0n) is 20.6. The first-order chi connectivity index (χ1) is 19.2. The average molecular weight is 643 g/mol. The number of anilines is 2. The van der Waals surface area contributed by atoms with E-state index in [0.717, 1.165) is 24.3 Å². The molecule has 2 aromatic heterocycles. The minimum absolute atomic E-state index is 0.0194. The number of furan rings is 2. The number of hydrogen-bond acceptors (Lipinski definition) is 11. The first kappa shape index (κ1) is 30.1. The van der Waals surface area contributed by atoms with Gasteiger partial charge in [-0.3, -0.25) is 0 Å². The van der Waals surface area contributed by atoms with E-state index >= 15 is 0 Å². The first-order valence-electron chi connectivity index (χ1n) is 11.3. The van der Waals surface area contributed by atoms with E-state index in [9.17, 15) is 26.4 Å². The van der Waals surface area contributed by atoms with Crippen LogP contribution in [-0.4, -0.2) is 28.8 Å². The molecule has 0 spiro atoms. The van der Waals surface area contributed by atoms with Crippen LogP contribution in [0, 0.1) is 0 Å². The third-order valence-corrected chi connectivity index (χ3v) is 8.20. The highest BCUT2D eigenvalue weighted by atomic mass is 35.5. The summed E-state index contributed by atoms with van der Waals surface area (Å²) in [7, 11) is -8.78. The fourth-order valence-electron chi connectivity index (χ4n) is 3.56. The Kier molecular flexibility index (Phi) is 8.77. The molecule has 13 nitrogen and oxygen atoms in total. The van der Waals surface area contributed by atoms with Crippen molar-refractivity contribution >= 4 is 66.6 Å². The first-order valence-corrected chi connectivity index (χ1v) is 15.1. The number of rotatable bonds is 10. The van der Waals surface area contributed by atoms with Crippen molar-refractivity contribution in [2.75, 3.05) is 10.6 Å². The van der Waals surface area contributed by atoms with Gasteiger partial charge in [-0.15, -0.1) is 0 Å². The van der Waals surface area contributed by atoms with Gasteiger partial charge in [0.15, 0.2) is 0 Å². The van der Waals surface area contributed by atoms with Gasteiger partial charge >= 0.3 is 11.9 Å².